The van der Waals surface area contributed by atoms with E-state index in [9.17, 15) is 13.2 Å². The number of sulfone groups is 1. The van der Waals surface area contributed by atoms with Gasteiger partial charge in [-0.15, -0.1) is 5.10 Å². The third-order valence-electron chi connectivity index (χ3n) is 3.87. The van der Waals surface area contributed by atoms with Crippen LogP contribution in [0.5, 0.6) is 0 Å². The first-order valence-corrected chi connectivity index (χ1v) is 12.0. The van der Waals surface area contributed by atoms with Gasteiger partial charge < -0.3 is 4.42 Å². The number of amides is 1. The number of benzene rings is 1. The van der Waals surface area contributed by atoms with Crippen molar-refractivity contribution in [1.82, 2.24) is 5.01 Å². The van der Waals surface area contributed by atoms with Crippen molar-refractivity contribution in [3.63, 3.8) is 0 Å². The van der Waals surface area contributed by atoms with Gasteiger partial charge in [-0.25, -0.2) is 8.42 Å². The average Bonchev–Trinajstić information content (AvgIpc) is 3.31. The van der Waals surface area contributed by atoms with E-state index >= 15 is 0 Å². The lowest BCUT2D eigenvalue weighted by atomic mass is 10.1. The van der Waals surface area contributed by atoms with E-state index < -0.39 is 15.7 Å². The summed E-state index contributed by atoms with van der Waals surface area (Å²) in [6.07, 6.45) is 2.42. The van der Waals surface area contributed by atoms with Gasteiger partial charge in [0, 0.05) is 12.0 Å². The van der Waals surface area contributed by atoms with Crippen LogP contribution in [0.3, 0.4) is 0 Å². The highest BCUT2D eigenvalue weighted by Gasteiger charge is 2.38. The molecular formula is C18H14N4O4S3. The second-order valence-corrected chi connectivity index (χ2v) is 10.2. The Hall–Kier alpha value is -2.63. The zero-order chi connectivity index (χ0) is 20.6. The lowest BCUT2D eigenvalue weighted by Crippen LogP contribution is -2.35. The topological polar surface area (TPSA) is 116 Å². The molecule has 0 radical (unpaired) electrons. The number of thioether (sulfide) groups is 2. The van der Waals surface area contributed by atoms with E-state index in [2.05, 4.69) is 10.1 Å². The standard InChI is InChI=1S/C18H14N4O4S3/c1-29(24,25)18-21-22-15(19)13(16(23)20-17(22)28-18)9-12-7-8-14(26-12)27-10-11-5-3-2-4-6-11/h2-9,19H,10H2,1H3/b13-9+,19-15?. The second kappa shape index (κ2) is 7.65. The molecule has 1 amide bonds. The van der Waals surface area contributed by atoms with Crippen LogP contribution < -0.4 is 0 Å². The summed E-state index contributed by atoms with van der Waals surface area (Å²) in [5, 5.41) is 13.9. The fourth-order valence-electron chi connectivity index (χ4n) is 2.48. The van der Waals surface area contributed by atoms with Gasteiger partial charge in [-0.2, -0.15) is 10.0 Å². The summed E-state index contributed by atoms with van der Waals surface area (Å²) >= 11 is 2.26. The van der Waals surface area contributed by atoms with Gasteiger partial charge in [0.15, 0.2) is 10.9 Å². The van der Waals surface area contributed by atoms with Crippen LogP contribution >= 0.6 is 23.5 Å². The Bertz CT molecular complexity index is 1200. The van der Waals surface area contributed by atoms with E-state index in [4.69, 9.17) is 9.83 Å². The molecule has 0 saturated carbocycles. The molecule has 11 heteroatoms. The van der Waals surface area contributed by atoms with Crippen molar-refractivity contribution in [2.45, 2.75) is 10.8 Å². The fourth-order valence-corrected chi connectivity index (χ4v) is 4.99. The Morgan fingerprint density at radius 3 is 2.72 bits per heavy atom. The van der Waals surface area contributed by atoms with Gasteiger partial charge in [0.2, 0.25) is 19.4 Å². The molecule has 0 atom stereocenters. The number of nitrogens with one attached hydrogen (secondary N) is 1. The van der Waals surface area contributed by atoms with Crippen LogP contribution in [0.4, 0.5) is 0 Å². The maximum atomic E-state index is 12.3. The van der Waals surface area contributed by atoms with Crippen LogP contribution in [-0.2, 0) is 20.4 Å². The van der Waals surface area contributed by atoms with Crippen LogP contribution in [0.2, 0.25) is 0 Å². The van der Waals surface area contributed by atoms with Gasteiger partial charge in [0.1, 0.15) is 5.76 Å². The van der Waals surface area contributed by atoms with Crippen LogP contribution in [0.1, 0.15) is 11.3 Å². The molecule has 4 rings (SSSR count). The summed E-state index contributed by atoms with van der Waals surface area (Å²) in [6, 6.07) is 13.4. The van der Waals surface area contributed by atoms with Crippen molar-refractivity contribution in [1.29, 1.82) is 5.41 Å². The predicted octanol–water partition coefficient (Wildman–Crippen LogP) is 3.19. The lowest BCUT2D eigenvalue weighted by Gasteiger charge is -2.19. The van der Waals surface area contributed by atoms with E-state index in [0.29, 0.717) is 10.9 Å². The molecule has 3 heterocycles. The number of hydrazone groups is 1. The quantitative estimate of drug-likeness (QED) is 0.566. The van der Waals surface area contributed by atoms with Crippen molar-refractivity contribution < 1.29 is 17.6 Å². The summed E-state index contributed by atoms with van der Waals surface area (Å²) in [5.41, 5.74) is 1.13. The zero-order valence-corrected chi connectivity index (χ0v) is 17.5. The van der Waals surface area contributed by atoms with Crippen LogP contribution in [0.15, 0.2) is 67.6 Å². The van der Waals surface area contributed by atoms with E-state index in [0.717, 1.165) is 34.3 Å². The zero-order valence-electron chi connectivity index (χ0n) is 15.0. The highest BCUT2D eigenvalue weighted by molar-refractivity contribution is 8.42. The first-order chi connectivity index (χ1) is 13.8. The minimum atomic E-state index is -3.56. The summed E-state index contributed by atoms with van der Waals surface area (Å²) < 4.78 is 28.9. The summed E-state index contributed by atoms with van der Waals surface area (Å²) in [5.74, 6) is 0.238. The molecule has 1 aromatic carbocycles. The molecule has 29 heavy (non-hydrogen) atoms. The van der Waals surface area contributed by atoms with E-state index in [1.807, 2.05) is 30.3 Å². The number of hydrogen-bond acceptors (Lipinski definition) is 8. The average molecular weight is 447 g/mol. The van der Waals surface area contributed by atoms with Crippen LogP contribution in [-0.4, -0.2) is 41.0 Å². The molecule has 0 aliphatic carbocycles. The molecule has 2 aromatic rings. The summed E-state index contributed by atoms with van der Waals surface area (Å²) in [6.45, 7) is 0. The minimum absolute atomic E-state index is 0.0261. The van der Waals surface area contributed by atoms with E-state index in [1.165, 1.54) is 17.8 Å². The second-order valence-electron chi connectivity index (χ2n) is 6.09. The fraction of sp³-hybridized carbons (Fsp3) is 0.111. The third-order valence-corrected chi connectivity index (χ3v) is 7.42. The minimum Gasteiger partial charge on any atom is -0.450 e. The summed E-state index contributed by atoms with van der Waals surface area (Å²) in [4.78, 5) is 16.2. The first kappa shape index (κ1) is 19.7. The molecule has 148 valence electrons. The van der Waals surface area contributed by atoms with Gasteiger partial charge in [0.25, 0.3) is 5.91 Å². The number of aliphatic imine (C=N–C) groups is 1. The molecule has 8 nitrogen and oxygen atoms in total. The van der Waals surface area contributed by atoms with E-state index in [1.54, 1.807) is 12.1 Å². The lowest BCUT2D eigenvalue weighted by molar-refractivity contribution is -0.114. The number of nitrogens with zero attached hydrogens (tertiary/aromatic N) is 3. The molecule has 0 saturated heterocycles. The van der Waals surface area contributed by atoms with Crippen molar-refractivity contribution in [2.24, 2.45) is 10.1 Å². The Morgan fingerprint density at radius 1 is 1.24 bits per heavy atom. The molecule has 1 N–H and O–H groups in total. The largest absolute Gasteiger partial charge is 0.450 e. The molecule has 2 aliphatic rings. The molecule has 1 aromatic heterocycles. The van der Waals surface area contributed by atoms with Gasteiger partial charge in [-0.3, -0.25) is 10.2 Å². The van der Waals surface area contributed by atoms with Crippen molar-refractivity contribution in [3.05, 3.63) is 59.4 Å². The van der Waals surface area contributed by atoms with Gasteiger partial charge in [0.05, 0.1) is 5.57 Å². The molecule has 0 spiro atoms. The number of hydrogen-bond donors (Lipinski definition) is 1. The Morgan fingerprint density at radius 2 is 2.00 bits per heavy atom. The molecule has 0 unspecified atom stereocenters. The highest BCUT2D eigenvalue weighted by Crippen LogP contribution is 2.31. The van der Waals surface area contributed by atoms with Crippen LogP contribution in [0.25, 0.3) is 6.08 Å². The van der Waals surface area contributed by atoms with Gasteiger partial charge in [-0.05, 0) is 35.5 Å². The highest BCUT2D eigenvalue weighted by atomic mass is 32.3. The number of fused-ring (bicyclic) bond motifs is 1. The molecule has 0 fully saturated rings. The van der Waals surface area contributed by atoms with Gasteiger partial charge >= 0.3 is 0 Å². The van der Waals surface area contributed by atoms with Crippen LogP contribution in [0, 0.1) is 5.41 Å². The van der Waals surface area contributed by atoms with E-state index in [-0.39, 0.29) is 21.0 Å². The Kier molecular flexibility index (Phi) is 5.19. The van der Waals surface area contributed by atoms with Crippen molar-refractivity contribution in [3.8, 4) is 0 Å². The SMILES string of the molecule is CS(=O)(=O)C1=NN2C(=N)/C(=C\c3ccc(SCc4ccccc4)o3)C(=O)N=C2S1. The first-order valence-electron chi connectivity index (χ1n) is 8.28. The maximum Gasteiger partial charge on any atom is 0.283 e. The summed E-state index contributed by atoms with van der Waals surface area (Å²) in [7, 11) is -3.56. The number of furan rings is 1. The number of amidine groups is 2. The molecule has 0 bridgehead atoms. The Balaban J connectivity index is 1.53. The van der Waals surface area contributed by atoms with Gasteiger partial charge in [-0.1, -0.05) is 42.1 Å². The third kappa shape index (κ3) is 4.21. The number of carbonyl (C=O) groups is 1. The number of carbonyl (C=O) groups excluding carboxylic acids is 1. The smallest absolute Gasteiger partial charge is 0.283 e. The predicted molar refractivity (Wildman–Crippen MR) is 115 cm³/mol. The Labute approximate surface area is 175 Å². The molecule has 2 aliphatic heterocycles. The maximum absolute atomic E-state index is 12.3. The van der Waals surface area contributed by atoms with Crippen molar-refractivity contribution in [2.75, 3.05) is 6.26 Å². The normalized spacial score (nSPS) is 18.1. The molecular weight excluding hydrogens is 432 g/mol. The number of rotatable bonds is 4. The monoisotopic (exact) mass is 446 g/mol. The van der Waals surface area contributed by atoms with Crippen molar-refractivity contribution >= 4 is 60.7 Å².